The summed E-state index contributed by atoms with van der Waals surface area (Å²) < 4.78 is 7.20. The van der Waals surface area contributed by atoms with Gasteiger partial charge in [-0.1, -0.05) is 6.07 Å². The van der Waals surface area contributed by atoms with Crippen molar-refractivity contribution in [3.05, 3.63) is 42.2 Å². The van der Waals surface area contributed by atoms with Crippen molar-refractivity contribution < 1.29 is 4.74 Å². The summed E-state index contributed by atoms with van der Waals surface area (Å²) in [5.41, 5.74) is 2.34. The van der Waals surface area contributed by atoms with Crippen LogP contribution in [-0.4, -0.2) is 61.0 Å². The van der Waals surface area contributed by atoms with Gasteiger partial charge < -0.3 is 19.9 Å². The number of benzene rings is 1. The summed E-state index contributed by atoms with van der Waals surface area (Å²) in [6.07, 6.45) is 1.81. The number of rotatable bonds is 4. The van der Waals surface area contributed by atoms with Crippen molar-refractivity contribution in [2.75, 3.05) is 45.2 Å². The van der Waals surface area contributed by atoms with Crippen LogP contribution in [0.15, 0.2) is 41.5 Å². The molecule has 2 heterocycles. The third kappa shape index (κ3) is 4.80. The predicted octanol–water partition coefficient (Wildman–Crippen LogP) is 1.94. The fraction of sp³-hybridized carbons (Fsp3) is 0.444. The fourth-order valence-corrected chi connectivity index (χ4v) is 3.06. The van der Waals surface area contributed by atoms with E-state index in [-0.39, 0.29) is 24.0 Å². The first-order valence-electron chi connectivity index (χ1n) is 8.52. The summed E-state index contributed by atoms with van der Waals surface area (Å²) in [7, 11) is 5.49. The Kier molecular flexibility index (Phi) is 7.55. The number of aliphatic imine (C=N–C) groups is 1. The molecule has 0 atom stereocenters. The molecule has 8 heteroatoms. The number of halogens is 1. The minimum atomic E-state index is 0. The Hall–Kier alpha value is -1.97. The molecule has 1 N–H and O–H groups in total. The average molecular weight is 470 g/mol. The van der Waals surface area contributed by atoms with Crippen LogP contribution in [0.5, 0.6) is 5.75 Å². The molecule has 1 aliphatic rings. The maximum absolute atomic E-state index is 5.33. The molecule has 3 rings (SSSR count). The lowest BCUT2D eigenvalue weighted by Gasteiger charge is -2.37. The molecule has 0 unspecified atom stereocenters. The summed E-state index contributed by atoms with van der Waals surface area (Å²) in [6, 6.07) is 10.2. The van der Waals surface area contributed by atoms with Crippen molar-refractivity contribution in [2.45, 2.75) is 6.54 Å². The Morgan fingerprint density at radius 1 is 1.23 bits per heavy atom. The molecule has 0 amide bonds. The smallest absolute Gasteiger partial charge is 0.194 e. The summed E-state index contributed by atoms with van der Waals surface area (Å²) in [5, 5.41) is 7.63. The first-order chi connectivity index (χ1) is 12.2. The van der Waals surface area contributed by atoms with Crippen LogP contribution < -0.4 is 15.0 Å². The zero-order valence-electron chi connectivity index (χ0n) is 15.6. The standard InChI is InChI=1S/C18H26N6O.HI/c1-19-18(20-14-16-7-8-21-22(16)2)24-11-9-23(10-12-24)15-5-4-6-17(13-15)25-3;/h4-8,13H,9-12,14H2,1-3H3,(H,19,20);1H. The van der Waals surface area contributed by atoms with E-state index in [2.05, 4.69) is 37.3 Å². The zero-order chi connectivity index (χ0) is 17.6. The number of nitrogens with zero attached hydrogens (tertiary/aromatic N) is 5. The van der Waals surface area contributed by atoms with Crippen molar-refractivity contribution >= 4 is 35.6 Å². The molecule has 1 fully saturated rings. The molecule has 7 nitrogen and oxygen atoms in total. The highest BCUT2D eigenvalue weighted by Gasteiger charge is 2.20. The van der Waals surface area contributed by atoms with Gasteiger partial charge in [0.25, 0.3) is 0 Å². The first-order valence-corrected chi connectivity index (χ1v) is 8.52. The van der Waals surface area contributed by atoms with Crippen LogP contribution in [0.1, 0.15) is 5.69 Å². The maximum atomic E-state index is 5.33. The van der Waals surface area contributed by atoms with Crippen LogP contribution in [0.4, 0.5) is 5.69 Å². The summed E-state index contributed by atoms with van der Waals surface area (Å²) >= 11 is 0. The highest BCUT2D eigenvalue weighted by atomic mass is 127. The number of aromatic nitrogens is 2. The van der Waals surface area contributed by atoms with Gasteiger partial charge in [0.15, 0.2) is 5.96 Å². The number of nitrogens with one attached hydrogen (secondary N) is 1. The van der Waals surface area contributed by atoms with E-state index in [1.165, 1.54) is 5.69 Å². The molecule has 0 spiro atoms. The van der Waals surface area contributed by atoms with Gasteiger partial charge >= 0.3 is 0 Å². The van der Waals surface area contributed by atoms with Crippen LogP contribution in [0, 0.1) is 0 Å². The van der Waals surface area contributed by atoms with E-state index in [1.807, 2.05) is 43.2 Å². The Morgan fingerprint density at radius 2 is 2.00 bits per heavy atom. The minimum absolute atomic E-state index is 0. The van der Waals surface area contributed by atoms with E-state index in [1.54, 1.807) is 7.11 Å². The number of hydrogen-bond donors (Lipinski definition) is 1. The van der Waals surface area contributed by atoms with Gasteiger partial charge in [-0.3, -0.25) is 9.67 Å². The van der Waals surface area contributed by atoms with Gasteiger partial charge in [-0.2, -0.15) is 5.10 Å². The highest BCUT2D eigenvalue weighted by Crippen LogP contribution is 2.22. The predicted molar refractivity (Wildman–Crippen MR) is 116 cm³/mol. The summed E-state index contributed by atoms with van der Waals surface area (Å²) in [4.78, 5) is 9.11. The number of methoxy groups -OCH3 is 1. The Balaban J connectivity index is 0.00000243. The van der Waals surface area contributed by atoms with E-state index in [0.717, 1.165) is 50.1 Å². The van der Waals surface area contributed by atoms with Crippen LogP contribution in [0.25, 0.3) is 0 Å². The van der Waals surface area contributed by atoms with Gasteiger partial charge in [-0.25, -0.2) is 0 Å². The molecule has 26 heavy (non-hydrogen) atoms. The molecular formula is C18H27IN6O. The molecule has 1 aliphatic heterocycles. The largest absolute Gasteiger partial charge is 0.497 e. The van der Waals surface area contributed by atoms with Crippen LogP contribution in [0.2, 0.25) is 0 Å². The van der Waals surface area contributed by atoms with Gasteiger partial charge in [0.05, 0.1) is 19.3 Å². The lowest BCUT2D eigenvalue weighted by atomic mass is 10.2. The van der Waals surface area contributed by atoms with Gasteiger partial charge in [-0.15, -0.1) is 24.0 Å². The SMILES string of the molecule is CN=C(NCc1ccnn1C)N1CCN(c2cccc(OC)c2)CC1.I. The van der Waals surface area contributed by atoms with Gasteiger partial charge in [0.2, 0.25) is 0 Å². The highest BCUT2D eigenvalue weighted by molar-refractivity contribution is 14.0. The normalized spacial score (nSPS) is 14.8. The molecule has 142 valence electrons. The second kappa shape index (κ2) is 9.65. The zero-order valence-corrected chi connectivity index (χ0v) is 17.9. The molecular weight excluding hydrogens is 443 g/mol. The first kappa shape index (κ1) is 20.3. The Bertz CT molecular complexity index is 724. The maximum Gasteiger partial charge on any atom is 0.194 e. The average Bonchev–Trinajstić information content (AvgIpc) is 3.08. The lowest BCUT2D eigenvalue weighted by Crippen LogP contribution is -2.52. The number of guanidine groups is 1. The van der Waals surface area contributed by atoms with Gasteiger partial charge in [0.1, 0.15) is 5.75 Å². The number of hydrogen-bond acceptors (Lipinski definition) is 4. The van der Waals surface area contributed by atoms with E-state index in [9.17, 15) is 0 Å². The molecule has 0 radical (unpaired) electrons. The third-order valence-electron chi connectivity index (χ3n) is 4.56. The van der Waals surface area contributed by atoms with E-state index in [0.29, 0.717) is 0 Å². The summed E-state index contributed by atoms with van der Waals surface area (Å²) in [5.74, 6) is 1.83. The van der Waals surface area contributed by atoms with Crippen LogP contribution in [-0.2, 0) is 13.6 Å². The molecule has 1 aromatic carbocycles. The Labute approximate surface area is 172 Å². The van der Waals surface area contributed by atoms with E-state index < -0.39 is 0 Å². The van der Waals surface area contributed by atoms with Gasteiger partial charge in [-0.05, 0) is 18.2 Å². The second-order valence-corrected chi connectivity index (χ2v) is 6.02. The van der Waals surface area contributed by atoms with Crippen LogP contribution >= 0.6 is 24.0 Å². The molecule has 2 aromatic rings. The monoisotopic (exact) mass is 470 g/mol. The van der Waals surface area contributed by atoms with E-state index in [4.69, 9.17) is 4.74 Å². The number of anilines is 1. The van der Waals surface area contributed by atoms with Crippen LogP contribution in [0.3, 0.4) is 0 Å². The van der Waals surface area contributed by atoms with Crippen molar-refractivity contribution in [1.29, 1.82) is 0 Å². The van der Waals surface area contributed by atoms with Gasteiger partial charge in [0, 0.05) is 58.2 Å². The lowest BCUT2D eigenvalue weighted by molar-refractivity contribution is 0.371. The fourth-order valence-electron chi connectivity index (χ4n) is 3.06. The molecule has 0 bridgehead atoms. The van der Waals surface area contributed by atoms with Crippen molar-refractivity contribution in [3.8, 4) is 5.75 Å². The van der Waals surface area contributed by atoms with Crippen molar-refractivity contribution in [1.82, 2.24) is 20.0 Å². The summed E-state index contributed by atoms with van der Waals surface area (Å²) in [6.45, 7) is 4.50. The number of ether oxygens (including phenoxy) is 1. The van der Waals surface area contributed by atoms with Crippen molar-refractivity contribution in [2.24, 2.45) is 12.0 Å². The second-order valence-electron chi connectivity index (χ2n) is 6.02. The molecule has 1 aromatic heterocycles. The molecule has 0 aliphatic carbocycles. The number of aryl methyl sites for hydroxylation is 1. The van der Waals surface area contributed by atoms with Crippen molar-refractivity contribution in [3.63, 3.8) is 0 Å². The molecule has 1 saturated heterocycles. The minimum Gasteiger partial charge on any atom is -0.497 e. The topological polar surface area (TPSA) is 57.9 Å². The quantitative estimate of drug-likeness (QED) is 0.421. The molecule has 0 saturated carbocycles. The Morgan fingerprint density at radius 3 is 2.62 bits per heavy atom. The third-order valence-corrected chi connectivity index (χ3v) is 4.56. The van der Waals surface area contributed by atoms with E-state index >= 15 is 0 Å². The number of piperazine rings is 1.